The first-order valence-corrected chi connectivity index (χ1v) is 9.12. The number of carbonyl (C=O) groups is 2. The van der Waals surface area contributed by atoms with Crippen LogP contribution in [0.2, 0.25) is 0 Å². The number of amides is 1. The molecule has 0 saturated carbocycles. The summed E-state index contributed by atoms with van der Waals surface area (Å²) < 4.78 is 42.1. The van der Waals surface area contributed by atoms with Crippen molar-refractivity contribution in [2.24, 2.45) is 0 Å². The average molecular weight is 430 g/mol. The first-order chi connectivity index (χ1) is 14.6. The first-order valence-electron chi connectivity index (χ1n) is 9.12. The summed E-state index contributed by atoms with van der Waals surface area (Å²) in [5, 5.41) is 19.7. The van der Waals surface area contributed by atoms with Crippen LogP contribution in [0.1, 0.15) is 41.5 Å². The predicted octanol–water partition coefficient (Wildman–Crippen LogP) is 3.66. The predicted molar refractivity (Wildman–Crippen MR) is 103 cm³/mol. The van der Waals surface area contributed by atoms with Crippen molar-refractivity contribution in [2.75, 3.05) is 6.54 Å². The molecule has 0 saturated heterocycles. The third-order valence-corrected chi connectivity index (χ3v) is 4.51. The fourth-order valence-electron chi connectivity index (χ4n) is 2.81. The van der Waals surface area contributed by atoms with Crippen LogP contribution in [0.25, 0.3) is 11.3 Å². The lowest BCUT2D eigenvalue weighted by atomic mass is 10.0. The zero-order valence-electron chi connectivity index (χ0n) is 16.5. The Kier molecular flexibility index (Phi) is 5.92. The van der Waals surface area contributed by atoms with E-state index < -0.39 is 23.3 Å². The molecule has 8 nitrogen and oxygen atoms in total. The van der Waals surface area contributed by atoms with Crippen molar-refractivity contribution < 1.29 is 22.8 Å². The van der Waals surface area contributed by atoms with Crippen LogP contribution in [-0.4, -0.2) is 37.9 Å². The van der Waals surface area contributed by atoms with Gasteiger partial charge in [0.25, 0.3) is 0 Å². The fraction of sp³-hybridized carbons (Fsp3) is 0.250. The number of halogens is 3. The minimum Gasteiger partial charge on any atom is -0.334 e. The number of hydrogen-bond acceptors (Lipinski definition) is 5. The lowest BCUT2D eigenvalue weighted by molar-refractivity contribution is -0.137. The number of nitrogens with one attached hydrogen (secondary N) is 1. The molecule has 1 atom stereocenters. The highest BCUT2D eigenvalue weighted by atomic mass is 19.4. The number of hydrogen-bond donors (Lipinski definition) is 1. The summed E-state index contributed by atoms with van der Waals surface area (Å²) in [5.74, 6) is -0.263. The number of nitriles is 1. The first kappa shape index (κ1) is 21.8. The van der Waals surface area contributed by atoms with E-state index in [2.05, 4.69) is 15.5 Å². The lowest BCUT2D eigenvalue weighted by Gasteiger charge is -2.13. The van der Waals surface area contributed by atoms with Gasteiger partial charge in [0, 0.05) is 31.4 Å². The highest BCUT2D eigenvalue weighted by molar-refractivity contribution is 5.92. The van der Waals surface area contributed by atoms with Gasteiger partial charge >= 0.3 is 12.2 Å². The Morgan fingerprint density at radius 2 is 1.94 bits per heavy atom. The van der Waals surface area contributed by atoms with Gasteiger partial charge in [-0.3, -0.25) is 9.48 Å². The van der Waals surface area contributed by atoms with Crippen LogP contribution in [0.15, 0.2) is 42.7 Å². The van der Waals surface area contributed by atoms with Crippen LogP contribution < -0.4 is 5.32 Å². The molecule has 1 unspecified atom stereocenters. The van der Waals surface area contributed by atoms with Gasteiger partial charge in [-0.2, -0.15) is 33.3 Å². The average Bonchev–Trinajstić information content (AvgIpc) is 3.40. The second-order valence-corrected chi connectivity index (χ2v) is 6.79. The molecule has 1 amide bonds. The Morgan fingerprint density at radius 1 is 1.19 bits per heavy atom. The molecule has 0 spiro atoms. The SMILES string of the molecule is CC(=O)c1ccn(C(=O)NCC(C)n2ccc(-c3ccc(C#N)c(C(F)(F)F)c3)n2)n1. The minimum atomic E-state index is -4.66. The maximum atomic E-state index is 13.2. The number of Topliss-reactive ketones (excluding diaryl/α,β-unsaturated/α-hetero) is 1. The molecule has 160 valence electrons. The van der Waals surface area contributed by atoms with E-state index in [0.29, 0.717) is 5.69 Å². The van der Waals surface area contributed by atoms with Crippen LogP contribution in [0.5, 0.6) is 0 Å². The number of alkyl halides is 3. The quantitative estimate of drug-likeness (QED) is 0.622. The zero-order chi connectivity index (χ0) is 22.8. The van der Waals surface area contributed by atoms with Crippen LogP contribution in [-0.2, 0) is 6.18 Å². The standard InChI is InChI=1S/C20H17F3N6O2/c1-12(11-25-19(31)29-8-5-17(26-29)13(2)30)28-7-6-18(27-28)14-3-4-15(10-24)16(9-14)20(21,22)23/h3-9,12H,11H2,1-2H3,(H,25,31). The Balaban J connectivity index is 1.71. The highest BCUT2D eigenvalue weighted by Crippen LogP contribution is 2.34. The fourth-order valence-corrected chi connectivity index (χ4v) is 2.81. The van der Waals surface area contributed by atoms with Crippen molar-refractivity contribution >= 4 is 11.8 Å². The molecule has 11 heteroatoms. The summed E-state index contributed by atoms with van der Waals surface area (Å²) in [6.07, 6.45) is -1.71. The number of nitrogens with zero attached hydrogens (tertiary/aromatic N) is 5. The molecule has 31 heavy (non-hydrogen) atoms. The van der Waals surface area contributed by atoms with Gasteiger partial charge in [-0.05, 0) is 31.2 Å². The van der Waals surface area contributed by atoms with E-state index >= 15 is 0 Å². The minimum absolute atomic E-state index is 0.163. The summed E-state index contributed by atoms with van der Waals surface area (Å²) in [6.45, 7) is 3.27. The van der Waals surface area contributed by atoms with Crippen molar-refractivity contribution in [2.45, 2.75) is 26.1 Å². The van der Waals surface area contributed by atoms with Gasteiger partial charge in [-0.15, -0.1) is 0 Å². The second kappa shape index (κ2) is 8.43. The van der Waals surface area contributed by atoms with Gasteiger partial charge < -0.3 is 5.32 Å². The number of rotatable bonds is 5. The van der Waals surface area contributed by atoms with Gasteiger partial charge in [0.1, 0.15) is 5.69 Å². The molecule has 3 aromatic rings. The summed E-state index contributed by atoms with van der Waals surface area (Å²) in [5.41, 5.74) is -0.800. The maximum absolute atomic E-state index is 13.2. The third kappa shape index (κ3) is 4.80. The zero-order valence-corrected chi connectivity index (χ0v) is 16.5. The molecule has 2 aromatic heterocycles. The number of ketones is 1. The van der Waals surface area contributed by atoms with Crippen LogP contribution in [0.4, 0.5) is 18.0 Å². The molecule has 3 rings (SSSR count). The van der Waals surface area contributed by atoms with Crippen molar-refractivity contribution in [3.05, 3.63) is 59.5 Å². The molecule has 0 bridgehead atoms. The number of carbonyl (C=O) groups excluding carboxylic acids is 2. The molecule has 0 radical (unpaired) electrons. The van der Waals surface area contributed by atoms with Crippen molar-refractivity contribution in [3.8, 4) is 17.3 Å². The van der Waals surface area contributed by atoms with Crippen LogP contribution in [0, 0.1) is 11.3 Å². The van der Waals surface area contributed by atoms with Gasteiger partial charge in [0.2, 0.25) is 0 Å². The van der Waals surface area contributed by atoms with Crippen molar-refractivity contribution in [3.63, 3.8) is 0 Å². The summed E-state index contributed by atoms with van der Waals surface area (Å²) in [4.78, 5) is 23.4. The number of benzene rings is 1. The summed E-state index contributed by atoms with van der Waals surface area (Å²) in [6, 6.07) is 7.07. The van der Waals surface area contributed by atoms with E-state index in [1.165, 1.54) is 29.9 Å². The Hall–Kier alpha value is -3.94. The monoisotopic (exact) mass is 430 g/mol. The molecule has 0 aliphatic heterocycles. The Labute approximate surface area is 174 Å². The molecule has 0 aliphatic rings. The van der Waals surface area contributed by atoms with E-state index in [1.54, 1.807) is 25.3 Å². The largest absolute Gasteiger partial charge is 0.417 e. The molecule has 2 heterocycles. The molecule has 0 aliphatic carbocycles. The summed E-state index contributed by atoms with van der Waals surface area (Å²) in [7, 11) is 0. The second-order valence-electron chi connectivity index (χ2n) is 6.79. The van der Waals surface area contributed by atoms with Crippen molar-refractivity contribution in [1.29, 1.82) is 5.26 Å². The molecular formula is C20H17F3N6O2. The summed E-state index contributed by atoms with van der Waals surface area (Å²) >= 11 is 0. The normalized spacial score (nSPS) is 12.3. The van der Waals surface area contributed by atoms with Gasteiger partial charge in [0.05, 0.1) is 28.9 Å². The Morgan fingerprint density at radius 3 is 2.55 bits per heavy atom. The lowest BCUT2D eigenvalue weighted by Crippen LogP contribution is -2.33. The molecule has 0 fully saturated rings. The van der Waals surface area contributed by atoms with Gasteiger partial charge in [-0.25, -0.2) is 4.79 Å². The van der Waals surface area contributed by atoms with Crippen LogP contribution in [0.3, 0.4) is 0 Å². The van der Waals surface area contributed by atoms with Crippen molar-refractivity contribution in [1.82, 2.24) is 24.9 Å². The van der Waals surface area contributed by atoms with E-state index in [-0.39, 0.29) is 29.6 Å². The Bertz CT molecular complexity index is 1170. The highest BCUT2D eigenvalue weighted by Gasteiger charge is 2.34. The van der Waals surface area contributed by atoms with Gasteiger partial charge in [-0.1, -0.05) is 6.07 Å². The van der Waals surface area contributed by atoms with Crippen LogP contribution >= 0.6 is 0 Å². The van der Waals surface area contributed by atoms with E-state index in [0.717, 1.165) is 16.8 Å². The van der Waals surface area contributed by atoms with Gasteiger partial charge in [0.15, 0.2) is 5.78 Å². The van der Waals surface area contributed by atoms with E-state index in [9.17, 15) is 22.8 Å². The molecule has 1 aromatic carbocycles. The smallest absolute Gasteiger partial charge is 0.334 e. The van der Waals surface area contributed by atoms with E-state index in [1.807, 2.05) is 0 Å². The topological polar surface area (TPSA) is 106 Å². The van der Waals surface area contributed by atoms with E-state index in [4.69, 9.17) is 5.26 Å². The molecular weight excluding hydrogens is 413 g/mol. The number of aromatic nitrogens is 4. The molecule has 1 N–H and O–H groups in total. The third-order valence-electron chi connectivity index (χ3n) is 4.51. The maximum Gasteiger partial charge on any atom is 0.417 e.